The van der Waals surface area contributed by atoms with E-state index in [9.17, 15) is 8.78 Å². The predicted molar refractivity (Wildman–Crippen MR) is 67.9 cm³/mol. The van der Waals surface area contributed by atoms with E-state index in [1.54, 1.807) is 27.7 Å². The summed E-state index contributed by atoms with van der Waals surface area (Å²) in [5.74, 6) is -2.19. The fourth-order valence-corrected chi connectivity index (χ4v) is 2.20. The minimum atomic E-state index is -2.65. The normalized spacial score (nSPS) is 17.4. The Kier molecular flexibility index (Phi) is 3.86. The lowest BCUT2D eigenvalue weighted by Crippen LogP contribution is -2.26. The molecule has 1 aliphatic rings. The molecule has 5 nitrogen and oxygen atoms in total. The van der Waals surface area contributed by atoms with Gasteiger partial charge in [0.05, 0.1) is 6.54 Å². The molecular formula is C11H13ClF2N4O. The summed E-state index contributed by atoms with van der Waals surface area (Å²) in [6, 6.07) is 3.56. The van der Waals surface area contributed by atoms with Gasteiger partial charge >= 0.3 is 0 Å². The molecule has 0 amide bonds. The highest BCUT2D eigenvalue weighted by atomic mass is 35.5. The van der Waals surface area contributed by atoms with Crippen molar-refractivity contribution < 1.29 is 13.9 Å². The van der Waals surface area contributed by atoms with E-state index in [-0.39, 0.29) is 24.8 Å². The van der Waals surface area contributed by atoms with E-state index in [0.717, 1.165) is 7.11 Å². The Balaban J connectivity index is 0.000000637. The van der Waals surface area contributed by atoms with Gasteiger partial charge in [0.2, 0.25) is 5.28 Å². The Labute approximate surface area is 113 Å². The van der Waals surface area contributed by atoms with Crippen molar-refractivity contribution in [2.45, 2.75) is 12.3 Å². The maximum Gasteiger partial charge on any atom is 0.266 e. The van der Waals surface area contributed by atoms with Crippen LogP contribution in [-0.4, -0.2) is 45.8 Å². The second kappa shape index (κ2) is 5.26. The van der Waals surface area contributed by atoms with Gasteiger partial charge in [-0.3, -0.25) is 0 Å². The van der Waals surface area contributed by atoms with E-state index in [0.29, 0.717) is 11.3 Å². The van der Waals surface area contributed by atoms with Crippen molar-refractivity contribution in [3.63, 3.8) is 0 Å². The highest BCUT2D eigenvalue weighted by Crippen LogP contribution is 2.32. The van der Waals surface area contributed by atoms with Crippen LogP contribution in [0.25, 0.3) is 5.52 Å². The summed E-state index contributed by atoms with van der Waals surface area (Å²) in [6.45, 7) is -0.0393. The van der Waals surface area contributed by atoms with Gasteiger partial charge in [0.1, 0.15) is 5.52 Å². The number of hydrogen-bond acceptors (Lipinski definition) is 4. The molecule has 3 rings (SSSR count). The number of nitrogens with zero attached hydrogens (tertiary/aromatic N) is 4. The maximum absolute atomic E-state index is 13.2. The Morgan fingerprint density at radius 3 is 2.79 bits per heavy atom. The first-order valence-electron chi connectivity index (χ1n) is 5.64. The molecule has 0 bridgehead atoms. The molecule has 1 saturated heterocycles. The number of rotatable bonds is 1. The molecule has 2 aromatic rings. The Morgan fingerprint density at radius 1 is 1.42 bits per heavy atom. The van der Waals surface area contributed by atoms with Crippen LogP contribution in [0.3, 0.4) is 0 Å². The minimum Gasteiger partial charge on any atom is -0.400 e. The molecular weight excluding hydrogens is 278 g/mol. The highest BCUT2D eigenvalue weighted by Gasteiger charge is 2.39. The van der Waals surface area contributed by atoms with Crippen LogP contribution in [0.15, 0.2) is 18.3 Å². The third-order valence-corrected chi connectivity index (χ3v) is 2.98. The maximum atomic E-state index is 13.2. The van der Waals surface area contributed by atoms with Crippen LogP contribution in [0.1, 0.15) is 6.42 Å². The second-order valence-electron chi connectivity index (χ2n) is 4.07. The summed E-state index contributed by atoms with van der Waals surface area (Å²) in [4.78, 5) is 5.59. The zero-order valence-electron chi connectivity index (χ0n) is 10.2. The molecule has 0 aromatic carbocycles. The molecule has 19 heavy (non-hydrogen) atoms. The van der Waals surface area contributed by atoms with E-state index in [1.165, 1.54) is 0 Å². The number of hydrogen-bond donors (Lipinski definition) is 1. The van der Waals surface area contributed by atoms with E-state index < -0.39 is 5.92 Å². The molecule has 0 unspecified atom stereocenters. The molecule has 1 aliphatic heterocycles. The fourth-order valence-electron chi connectivity index (χ4n) is 2.04. The zero-order valence-corrected chi connectivity index (χ0v) is 11.0. The van der Waals surface area contributed by atoms with Gasteiger partial charge in [-0.25, -0.2) is 13.3 Å². The Morgan fingerprint density at radius 2 is 2.16 bits per heavy atom. The van der Waals surface area contributed by atoms with E-state index >= 15 is 0 Å². The number of fused-ring (bicyclic) bond motifs is 1. The SMILES string of the molecule is CO.FC1(F)CCN(c2nc(Cl)nn3cccc23)C1. The summed E-state index contributed by atoms with van der Waals surface area (Å²) in [5.41, 5.74) is 0.687. The van der Waals surface area contributed by atoms with Gasteiger partial charge in [-0.05, 0) is 23.7 Å². The average Bonchev–Trinajstić information content (AvgIpc) is 2.96. The highest BCUT2D eigenvalue weighted by molar-refractivity contribution is 6.28. The summed E-state index contributed by atoms with van der Waals surface area (Å²) >= 11 is 5.77. The van der Waals surface area contributed by atoms with Crippen molar-refractivity contribution in [2.75, 3.05) is 25.1 Å². The lowest BCUT2D eigenvalue weighted by Gasteiger charge is -2.17. The average molecular weight is 291 g/mol. The third kappa shape index (κ3) is 2.76. The van der Waals surface area contributed by atoms with E-state index in [2.05, 4.69) is 10.1 Å². The number of anilines is 1. The van der Waals surface area contributed by atoms with Crippen LogP contribution >= 0.6 is 11.6 Å². The fraction of sp³-hybridized carbons (Fsp3) is 0.455. The second-order valence-corrected chi connectivity index (χ2v) is 4.41. The van der Waals surface area contributed by atoms with Gasteiger partial charge in [-0.1, -0.05) is 0 Å². The molecule has 3 heterocycles. The van der Waals surface area contributed by atoms with Crippen LogP contribution in [0.4, 0.5) is 14.6 Å². The third-order valence-electron chi connectivity index (χ3n) is 2.81. The molecule has 0 aliphatic carbocycles. The van der Waals surface area contributed by atoms with Crippen molar-refractivity contribution in [1.82, 2.24) is 14.6 Å². The molecule has 1 fully saturated rings. The molecule has 2 aromatic heterocycles. The number of aliphatic hydroxyl groups is 1. The van der Waals surface area contributed by atoms with Crippen LogP contribution in [-0.2, 0) is 0 Å². The smallest absolute Gasteiger partial charge is 0.266 e. The van der Waals surface area contributed by atoms with Crippen LogP contribution in [0, 0.1) is 0 Å². The first-order chi connectivity index (χ1) is 9.05. The largest absolute Gasteiger partial charge is 0.400 e. The summed E-state index contributed by atoms with van der Waals surface area (Å²) in [7, 11) is 1.00. The Bertz CT molecular complexity index is 575. The monoisotopic (exact) mass is 290 g/mol. The van der Waals surface area contributed by atoms with Crippen molar-refractivity contribution in [1.29, 1.82) is 0 Å². The minimum absolute atomic E-state index is 0.0546. The van der Waals surface area contributed by atoms with Crippen molar-refractivity contribution >= 4 is 22.9 Å². The van der Waals surface area contributed by atoms with Gasteiger partial charge in [-0.2, -0.15) is 4.98 Å². The van der Waals surface area contributed by atoms with Gasteiger partial charge in [0.25, 0.3) is 5.92 Å². The molecule has 0 spiro atoms. The van der Waals surface area contributed by atoms with E-state index in [4.69, 9.17) is 16.7 Å². The lowest BCUT2D eigenvalue weighted by molar-refractivity contribution is 0.0257. The number of aromatic nitrogens is 3. The van der Waals surface area contributed by atoms with Crippen LogP contribution in [0.2, 0.25) is 5.28 Å². The first kappa shape index (κ1) is 14.0. The molecule has 1 N–H and O–H groups in total. The first-order valence-corrected chi connectivity index (χ1v) is 6.01. The lowest BCUT2D eigenvalue weighted by atomic mass is 10.3. The quantitative estimate of drug-likeness (QED) is 0.871. The summed E-state index contributed by atoms with van der Waals surface area (Å²) in [6.07, 6.45) is 1.56. The number of alkyl halides is 2. The topological polar surface area (TPSA) is 53.7 Å². The zero-order chi connectivity index (χ0) is 14.0. The summed E-state index contributed by atoms with van der Waals surface area (Å²) < 4.78 is 27.9. The standard InChI is InChI=1S/C10H9ClF2N4.CH4O/c11-9-14-8(7-2-1-4-17(7)15-9)16-5-3-10(12,13)6-16;1-2/h1-2,4H,3,5-6H2;2H,1H3. The van der Waals surface area contributed by atoms with Gasteiger partial charge in [0, 0.05) is 26.3 Å². The predicted octanol–water partition coefficient (Wildman–Crippen LogP) is 1.84. The molecule has 0 atom stereocenters. The molecule has 8 heteroatoms. The van der Waals surface area contributed by atoms with Crippen molar-refractivity contribution in [3.8, 4) is 0 Å². The number of halogens is 3. The van der Waals surface area contributed by atoms with Crippen molar-refractivity contribution in [3.05, 3.63) is 23.6 Å². The van der Waals surface area contributed by atoms with Crippen LogP contribution < -0.4 is 4.90 Å². The molecule has 0 radical (unpaired) electrons. The molecule has 104 valence electrons. The van der Waals surface area contributed by atoms with Gasteiger partial charge < -0.3 is 10.0 Å². The van der Waals surface area contributed by atoms with Gasteiger partial charge in [0.15, 0.2) is 5.82 Å². The summed E-state index contributed by atoms with van der Waals surface area (Å²) in [5, 5.41) is 11.0. The number of aliphatic hydroxyl groups excluding tert-OH is 1. The van der Waals surface area contributed by atoms with Gasteiger partial charge in [-0.15, -0.1) is 5.10 Å². The Hall–Kier alpha value is -1.47. The van der Waals surface area contributed by atoms with Crippen LogP contribution in [0.5, 0.6) is 0 Å². The van der Waals surface area contributed by atoms with Crippen molar-refractivity contribution in [2.24, 2.45) is 0 Å². The van der Waals surface area contributed by atoms with E-state index in [1.807, 2.05) is 0 Å². The molecule has 0 saturated carbocycles.